The highest BCUT2D eigenvalue weighted by Crippen LogP contribution is 2.46. The molecule has 1 aromatic carbocycles. The summed E-state index contributed by atoms with van der Waals surface area (Å²) in [7, 11) is 0. The number of fused-ring (bicyclic) bond motifs is 2. The van der Waals surface area contributed by atoms with Crippen LogP contribution in [0.3, 0.4) is 0 Å². The number of aromatic nitrogens is 1. The van der Waals surface area contributed by atoms with Crippen LogP contribution in [0.4, 0.5) is 0 Å². The molecule has 0 spiro atoms. The summed E-state index contributed by atoms with van der Waals surface area (Å²) in [5.74, 6) is 0.720. The number of ether oxygens (including phenoxy) is 1. The fraction of sp³-hybridized carbons (Fsp3) is 0.522. The molecule has 1 fully saturated rings. The van der Waals surface area contributed by atoms with Gasteiger partial charge in [-0.3, -0.25) is 9.69 Å². The Bertz CT molecular complexity index is 882. The van der Waals surface area contributed by atoms with Crippen molar-refractivity contribution in [2.24, 2.45) is 5.92 Å². The lowest BCUT2D eigenvalue weighted by Crippen LogP contribution is -2.51. The molecule has 2 aromatic rings. The number of carbonyl (C=O) groups is 1. The van der Waals surface area contributed by atoms with E-state index >= 15 is 0 Å². The molecule has 144 valence electrons. The van der Waals surface area contributed by atoms with Crippen molar-refractivity contribution in [1.82, 2.24) is 9.88 Å². The monoisotopic (exact) mass is 366 g/mol. The van der Waals surface area contributed by atoms with Crippen molar-refractivity contribution in [1.29, 1.82) is 0 Å². The summed E-state index contributed by atoms with van der Waals surface area (Å²) in [5, 5.41) is 1.40. The van der Waals surface area contributed by atoms with E-state index in [0.717, 1.165) is 37.9 Å². The zero-order valence-corrected chi connectivity index (χ0v) is 16.7. The van der Waals surface area contributed by atoms with E-state index in [1.807, 2.05) is 0 Å². The molecule has 4 nitrogen and oxygen atoms in total. The van der Waals surface area contributed by atoms with Crippen molar-refractivity contribution in [3.63, 3.8) is 0 Å². The average Bonchev–Trinajstić information content (AvgIpc) is 3.01. The maximum absolute atomic E-state index is 11.3. The Balaban J connectivity index is 1.75. The molecule has 0 saturated carbocycles. The maximum atomic E-state index is 11.3. The highest BCUT2D eigenvalue weighted by molar-refractivity contribution is 5.93. The summed E-state index contributed by atoms with van der Waals surface area (Å²) in [5.41, 5.74) is 6.44. The predicted octanol–water partition coefficient (Wildman–Crippen LogP) is 4.50. The SMILES string of the molecule is C=C(C)c1[nH]c2cccc3c2c1C[C@@H]1[C@@H]3CC(COC(C)=O)CN1CCC. The second-order valence-corrected chi connectivity index (χ2v) is 8.31. The van der Waals surface area contributed by atoms with Crippen molar-refractivity contribution in [3.8, 4) is 0 Å². The van der Waals surface area contributed by atoms with E-state index in [1.165, 1.54) is 34.6 Å². The van der Waals surface area contributed by atoms with Gasteiger partial charge < -0.3 is 9.72 Å². The van der Waals surface area contributed by atoms with Gasteiger partial charge in [0.15, 0.2) is 0 Å². The lowest BCUT2D eigenvalue weighted by Gasteiger charge is -2.47. The molecule has 2 heterocycles. The third-order valence-electron chi connectivity index (χ3n) is 6.25. The van der Waals surface area contributed by atoms with Crippen LogP contribution in [0.15, 0.2) is 24.8 Å². The van der Waals surface area contributed by atoms with E-state index in [9.17, 15) is 4.79 Å². The Morgan fingerprint density at radius 1 is 1.37 bits per heavy atom. The Labute approximate surface area is 161 Å². The number of piperidine rings is 1. The number of esters is 1. The van der Waals surface area contributed by atoms with E-state index in [0.29, 0.717) is 24.5 Å². The molecule has 0 bridgehead atoms. The minimum Gasteiger partial charge on any atom is -0.466 e. The number of benzene rings is 1. The number of aromatic amines is 1. The van der Waals surface area contributed by atoms with E-state index in [-0.39, 0.29) is 5.97 Å². The summed E-state index contributed by atoms with van der Waals surface area (Å²) >= 11 is 0. The van der Waals surface area contributed by atoms with Gasteiger partial charge in [0.2, 0.25) is 0 Å². The molecule has 4 rings (SSSR count). The Morgan fingerprint density at radius 2 is 2.19 bits per heavy atom. The van der Waals surface area contributed by atoms with Crippen LogP contribution in [0.1, 0.15) is 56.4 Å². The topological polar surface area (TPSA) is 45.3 Å². The van der Waals surface area contributed by atoms with E-state index < -0.39 is 0 Å². The first-order chi connectivity index (χ1) is 13.0. The number of likely N-dealkylation sites (tertiary alicyclic amines) is 1. The third-order valence-corrected chi connectivity index (χ3v) is 6.25. The standard InChI is InChI=1S/C23H30N2O2/c1-5-9-25-12-16(13-27-15(4)26)10-18-17-7-6-8-20-22(17)19(11-21(18)25)23(24-20)14(2)3/h6-8,16,18,21,24H,2,5,9-13H2,1,3-4H3/t16?,18-,21-/m1/s1. The number of nitrogens with one attached hydrogen (secondary N) is 1. The van der Waals surface area contributed by atoms with Crippen LogP contribution in [0, 0.1) is 5.92 Å². The van der Waals surface area contributed by atoms with Gasteiger partial charge in [-0.1, -0.05) is 25.6 Å². The predicted molar refractivity (Wildman–Crippen MR) is 110 cm³/mol. The molecule has 4 heteroatoms. The quantitative estimate of drug-likeness (QED) is 0.792. The number of nitrogens with zero attached hydrogens (tertiary/aromatic N) is 1. The molecule has 0 amide bonds. The van der Waals surface area contributed by atoms with Crippen LogP contribution in [-0.2, 0) is 16.0 Å². The van der Waals surface area contributed by atoms with Gasteiger partial charge in [-0.05, 0) is 55.5 Å². The fourth-order valence-electron chi connectivity index (χ4n) is 5.25. The minimum absolute atomic E-state index is 0.177. The molecule has 27 heavy (non-hydrogen) atoms. The molecule has 1 aliphatic carbocycles. The third kappa shape index (κ3) is 3.20. The second-order valence-electron chi connectivity index (χ2n) is 8.31. The molecule has 3 atom stereocenters. The Kier molecular flexibility index (Phi) is 4.85. The van der Waals surface area contributed by atoms with Crippen molar-refractivity contribution in [2.45, 2.75) is 52.0 Å². The molecule has 1 unspecified atom stereocenters. The number of rotatable bonds is 5. The summed E-state index contributed by atoms with van der Waals surface area (Å²) in [6, 6.07) is 7.17. The van der Waals surface area contributed by atoms with Gasteiger partial charge in [0, 0.05) is 47.9 Å². The number of hydrogen-bond donors (Lipinski definition) is 1. The number of hydrogen-bond acceptors (Lipinski definition) is 3. The van der Waals surface area contributed by atoms with E-state index in [1.54, 1.807) is 0 Å². The molecule has 1 N–H and O–H groups in total. The first kappa shape index (κ1) is 18.3. The van der Waals surface area contributed by atoms with Crippen LogP contribution in [0.2, 0.25) is 0 Å². The normalized spacial score (nSPS) is 24.6. The fourth-order valence-corrected chi connectivity index (χ4v) is 5.25. The van der Waals surface area contributed by atoms with E-state index in [2.05, 4.69) is 48.5 Å². The van der Waals surface area contributed by atoms with Crippen molar-refractivity contribution >= 4 is 22.4 Å². The van der Waals surface area contributed by atoms with Crippen molar-refractivity contribution in [2.75, 3.05) is 19.7 Å². The smallest absolute Gasteiger partial charge is 0.302 e. The van der Waals surface area contributed by atoms with Crippen LogP contribution in [-0.4, -0.2) is 41.6 Å². The van der Waals surface area contributed by atoms with Crippen molar-refractivity contribution in [3.05, 3.63) is 41.6 Å². The molecule has 1 aliphatic heterocycles. The van der Waals surface area contributed by atoms with E-state index in [4.69, 9.17) is 4.74 Å². The van der Waals surface area contributed by atoms with Crippen molar-refractivity contribution < 1.29 is 9.53 Å². The Hall–Kier alpha value is -2.07. The average molecular weight is 367 g/mol. The number of carbonyl (C=O) groups excluding carboxylic acids is 1. The first-order valence-electron chi connectivity index (χ1n) is 10.2. The molecular weight excluding hydrogens is 336 g/mol. The van der Waals surface area contributed by atoms with Crippen LogP contribution >= 0.6 is 0 Å². The summed E-state index contributed by atoms with van der Waals surface area (Å²) < 4.78 is 5.38. The van der Waals surface area contributed by atoms with Crippen LogP contribution in [0.25, 0.3) is 16.5 Å². The molecular formula is C23H30N2O2. The van der Waals surface area contributed by atoms with Gasteiger partial charge in [0.05, 0.1) is 6.61 Å². The lowest BCUT2D eigenvalue weighted by atomic mass is 9.71. The molecule has 0 radical (unpaired) electrons. The van der Waals surface area contributed by atoms with Gasteiger partial charge >= 0.3 is 5.97 Å². The molecule has 1 saturated heterocycles. The number of H-pyrrole nitrogens is 1. The number of allylic oxidation sites excluding steroid dienone is 1. The zero-order valence-electron chi connectivity index (χ0n) is 16.7. The summed E-state index contributed by atoms with van der Waals surface area (Å²) in [6.45, 7) is 12.7. The largest absolute Gasteiger partial charge is 0.466 e. The summed E-state index contributed by atoms with van der Waals surface area (Å²) in [6.07, 6.45) is 3.30. The maximum Gasteiger partial charge on any atom is 0.302 e. The zero-order chi connectivity index (χ0) is 19.1. The minimum atomic E-state index is -0.177. The highest BCUT2D eigenvalue weighted by atomic mass is 16.5. The van der Waals surface area contributed by atoms with Gasteiger partial charge in [-0.25, -0.2) is 0 Å². The van der Waals surface area contributed by atoms with Gasteiger partial charge in [-0.2, -0.15) is 0 Å². The van der Waals surface area contributed by atoms with Gasteiger partial charge in [0.25, 0.3) is 0 Å². The highest BCUT2D eigenvalue weighted by Gasteiger charge is 2.41. The van der Waals surface area contributed by atoms with Crippen LogP contribution < -0.4 is 0 Å². The first-order valence-corrected chi connectivity index (χ1v) is 10.2. The molecule has 2 aliphatic rings. The van der Waals surface area contributed by atoms with Gasteiger partial charge in [0.1, 0.15) is 0 Å². The Morgan fingerprint density at radius 3 is 2.89 bits per heavy atom. The summed E-state index contributed by atoms with van der Waals surface area (Å²) in [4.78, 5) is 17.6. The van der Waals surface area contributed by atoms with Gasteiger partial charge in [-0.15, -0.1) is 0 Å². The second kappa shape index (κ2) is 7.16. The van der Waals surface area contributed by atoms with Crippen LogP contribution in [0.5, 0.6) is 0 Å². The lowest BCUT2D eigenvalue weighted by molar-refractivity contribution is -0.143. The molecule has 1 aromatic heterocycles.